The Morgan fingerprint density at radius 1 is 1.50 bits per heavy atom. The van der Waals surface area contributed by atoms with Crippen LogP contribution in [0.15, 0.2) is 18.2 Å². The minimum atomic E-state index is 0.360. The first-order valence-electron chi connectivity index (χ1n) is 5.80. The Morgan fingerprint density at radius 2 is 2.31 bits per heavy atom. The third kappa shape index (κ3) is 2.54. The Labute approximate surface area is 97.2 Å². The van der Waals surface area contributed by atoms with Crippen molar-refractivity contribution in [2.75, 3.05) is 20.2 Å². The molecule has 1 aliphatic rings. The molecule has 2 rings (SSSR count). The van der Waals surface area contributed by atoms with Crippen LogP contribution in [0.2, 0.25) is 0 Å². The van der Waals surface area contributed by atoms with E-state index < -0.39 is 0 Å². The molecular weight excluding hydrogens is 200 g/mol. The molecule has 0 aromatic heterocycles. The summed E-state index contributed by atoms with van der Waals surface area (Å²) in [4.78, 5) is 2.42. The zero-order valence-corrected chi connectivity index (χ0v) is 10.1. The van der Waals surface area contributed by atoms with Gasteiger partial charge in [0.2, 0.25) is 0 Å². The van der Waals surface area contributed by atoms with Crippen LogP contribution in [-0.2, 0) is 6.54 Å². The summed E-state index contributed by atoms with van der Waals surface area (Å²) in [5, 5.41) is 0. The third-order valence-corrected chi connectivity index (χ3v) is 3.25. The lowest BCUT2D eigenvalue weighted by molar-refractivity contribution is 0.326. The second-order valence-corrected chi connectivity index (χ2v) is 4.58. The van der Waals surface area contributed by atoms with E-state index in [4.69, 9.17) is 10.5 Å². The van der Waals surface area contributed by atoms with Crippen LogP contribution < -0.4 is 10.5 Å². The van der Waals surface area contributed by atoms with Gasteiger partial charge in [-0.05, 0) is 36.6 Å². The number of ether oxygens (including phenoxy) is 1. The van der Waals surface area contributed by atoms with Crippen molar-refractivity contribution >= 4 is 0 Å². The molecule has 1 aromatic rings. The Bertz CT molecular complexity index is 365. The lowest BCUT2D eigenvalue weighted by atomic mass is 10.1. The lowest BCUT2D eigenvalue weighted by Gasteiger charge is -2.17. The molecule has 0 saturated carbocycles. The summed E-state index contributed by atoms with van der Waals surface area (Å²) in [5.41, 5.74) is 8.56. The van der Waals surface area contributed by atoms with Gasteiger partial charge in [0.15, 0.2) is 0 Å². The van der Waals surface area contributed by atoms with Crippen LogP contribution in [0.1, 0.15) is 17.5 Å². The molecule has 1 fully saturated rings. The smallest absolute Gasteiger partial charge is 0.119 e. The highest BCUT2D eigenvalue weighted by Gasteiger charge is 2.19. The Hall–Kier alpha value is -1.06. The lowest BCUT2D eigenvalue weighted by Crippen LogP contribution is -2.26. The highest BCUT2D eigenvalue weighted by atomic mass is 16.5. The number of benzene rings is 1. The van der Waals surface area contributed by atoms with Crippen LogP contribution in [0.25, 0.3) is 0 Å². The molecule has 0 aliphatic carbocycles. The average Bonchev–Trinajstić information content (AvgIpc) is 2.67. The normalized spacial score (nSPS) is 21.3. The minimum Gasteiger partial charge on any atom is -0.497 e. The second-order valence-electron chi connectivity index (χ2n) is 4.58. The van der Waals surface area contributed by atoms with E-state index >= 15 is 0 Å². The maximum absolute atomic E-state index is 5.90. The van der Waals surface area contributed by atoms with Crippen molar-refractivity contribution in [2.45, 2.75) is 25.9 Å². The van der Waals surface area contributed by atoms with Crippen LogP contribution in [-0.4, -0.2) is 31.1 Å². The van der Waals surface area contributed by atoms with Gasteiger partial charge in [-0.15, -0.1) is 0 Å². The minimum absolute atomic E-state index is 0.360. The number of methoxy groups -OCH3 is 1. The molecule has 1 saturated heterocycles. The quantitative estimate of drug-likeness (QED) is 0.839. The van der Waals surface area contributed by atoms with Gasteiger partial charge in [0.25, 0.3) is 0 Å². The first kappa shape index (κ1) is 11.4. The van der Waals surface area contributed by atoms with E-state index in [-0.39, 0.29) is 0 Å². The summed E-state index contributed by atoms with van der Waals surface area (Å²) in [6.45, 7) is 5.27. The van der Waals surface area contributed by atoms with Crippen LogP contribution in [0, 0.1) is 6.92 Å². The van der Waals surface area contributed by atoms with Crippen molar-refractivity contribution in [2.24, 2.45) is 5.73 Å². The predicted molar refractivity (Wildman–Crippen MR) is 65.6 cm³/mol. The van der Waals surface area contributed by atoms with Crippen LogP contribution in [0.5, 0.6) is 5.75 Å². The van der Waals surface area contributed by atoms with Gasteiger partial charge in [-0.1, -0.05) is 6.07 Å². The fraction of sp³-hybridized carbons (Fsp3) is 0.538. The van der Waals surface area contributed by atoms with Crippen molar-refractivity contribution in [1.82, 2.24) is 4.90 Å². The van der Waals surface area contributed by atoms with E-state index in [2.05, 4.69) is 24.0 Å². The Balaban J connectivity index is 2.04. The van der Waals surface area contributed by atoms with Crippen molar-refractivity contribution in [3.63, 3.8) is 0 Å². The Kier molecular flexibility index (Phi) is 3.46. The molecule has 1 aliphatic heterocycles. The van der Waals surface area contributed by atoms with Gasteiger partial charge >= 0.3 is 0 Å². The third-order valence-electron chi connectivity index (χ3n) is 3.25. The zero-order chi connectivity index (χ0) is 11.5. The van der Waals surface area contributed by atoms with Gasteiger partial charge in [-0.2, -0.15) is 0 Å². The van der Waals surface area contributed by atoms with Crippen molar-refractivity contribution in [3.8, 4) is 5.75 Å². The maximum Gasteiger partial charge on any atom is 0.119 e. The first-order valence-corrected chi connectivity index (χ1v) is 5.80. The van der Waals surface area contributed by atoms with Gasteiger partial charge < -0.3 is 10.5 Å². The topological polar surface area (TPSA) is 38.5 Å². The van der Waals surface area contributed by atoms with Gasteiger partial charge in [-0.25, -0.2) is 0 Å². The number of hydrogen-bond donors (Lipinski definition) is 1. The molecule has 1 heterocycles. The van der Waals surface area contributed by atoms with E-state index in [9.17, 15) is 0 Å². The summed E-state index contributed by atoms with van der Waals surface area (Å²) >= 11 is 0. The number of aryl methyl sites for hydroxylation is 1. The van der Waals surface area contributed by atoms with E-state index in [1.807, 2.05) is 6.07 Å². The summed E-state index contributed by atoms with van der Waals surface area (Å²) in [6.07, 6.45) is 1.12. The van der Waals surface area contributed by atoms with Gasteiger partial charge in [0.1, 0.15) is 5.75 Å². The first-order chi connectivity index (χ1) is 7.69. The molecule has 0 bridgehead atoms. The molecule has 3 nitrogen and oxygen atoms in total. The number of rotatable bonds is 3. The van der Waals surface area contributed by atoms with E-state index in [1.54, 1.807) is 7.11 Å². The van der Waals surface area contributed by atoms with Crippen molar-refractivity contribution in [3.05, 3.63) is 29.3 Å². The fourth-order valence-corrected chi connectivity index (χ4v) is 2.22. The van der Waals surface area contributed by atoms with E-state index in [1.165, 1.54) is 11.1 Å². The predicted octanol–water partition coefficient (Wildman–Crippen LogP) is 1.54. The molecule has 1 aromatic carbocycles. The number of nitrogens with two attached hydrogens (primary N) is 1. The van der Waals surface area contributed by atoms with E-state index in [0.29, 0.717) is 6.04 Å². The van der Waals surface area contributed by atoms with Gasteiger partial charge in [-0.3, -0.25) is 4.90 Å². The summed E-state index contributed by atoms with van der Waals surface area (Å²) in [5.74, 6) is 0.930. The highest BCUT2D eigenvalue weighted by molar-refractivity contribution is 5.34. The summed E-state index contributed by atoms with van der Waals surface area (Å²) < 4.78 is 5.20. The molecule has 1 atom stereocenters. The van der Waals surface area contributed by atoms with Crippen molar-refractivity contribution in [1.29, 1.82) is 0 Å². The van der Waals surface area contributed by atoms with Gasteiger partial charge in [0.05, 0.1) is 7.11 Å². The molecule has 3 heteroatoms. The average molecular weight is 220 g/mol. The molecular formula is C13H20N2O. The molecule has 0 amide bonds. The molecule has 0 unspecified atom stereocenters. The van der Waals surface area contributed by atoms with E-state index in [0.717, 1.165) is 31.8 Å². The second kappa shape index (κ2) is 4.85. The van der Waals surface area contributed by atoms with Gasteiger partial charge in [0, 0.05) is 25.7 Å². The largest absolute Gasteiger partial charge is 0.497 e. The molecule has 88 valence electrons. The number of nitrogens with zero attached hydrogens (tertiary/aromatic N) is 1. The molecule has 16 heavy (non-hydrogen) atoms. The standard InChI is InChI=1S/C13H20N2O/c1-10-7-13(16-2)4-3-11(10)8-15-6-5-12(14)9-15/h3-4,7,12H,5-6,8-9,14H2,1-2H3/t12-/m0/s1. The Morgan fingerprint density at radius 3 is 2.88 bits per heavy atom. The SMILES string of the molecule is COc1ccc(CN2CC[C@H](N)C2)c(C)c1. The molecule has 0 spiro atoms. The summed E-state index contributed by atoms with van der Waals surface area (Å²) in [6, 6.07) is 6.63. The summed E-state index contributed by atoms with van der Waals surface area (Å²) in [7, 11) is 1.70. The zero-order valence-electron chi connectivity index (χ0n) is 10.1. The highest BCUT2D eigenvalue weighted by Crippen LogP contribution is 2.19. The van der Waals surface area contributed by atoms with Crippen LogP contribution >= 0.6 is 0 Å². The molecule has 0 radical (unpaired) electrons. The molecule has 2 N–H and O–H groups in total. The fourth-order valence-electron chi connectivity index (χ4n) is 2.22. The van der Waals surface area contributed by atoms with Crippen LogP contribution in [0.4, 0.5) is 0 Å². The monoisotopic (exact) mass is 220 g/mol. The van der Waals surface area contributed by atoms with Crippen molar-refractivity contribution < 1.29 is 4.74 Å². The maximum atomic E-state index is 5.90. The van der Waals surface area contributed by atoms with Crippen LogP contribution in [0.3, 0.4) is 0 Å². The number of likely N-dealkylation sites (tertiary alicyclic amines) is 1. The number of hydrogen-bond acceptors (Lipinski definition) is 3.